The van der Waals surface area contributed by atoms with Crippen molar-refractivity contribution < 1.29 is 26.3 Å². The third kappa shape index (κ3) is 5.46. The van der Waals surface area contributed by atoms with Crippen molar-refractivity contribution in [1.82, 2.24) is 19.7 Å². The minimum absolute atomic E-state index is 0.00994. The summed E-state index contributed by atoms with van der Waals surface area (Å²) in [5.74, 6) is 0.182. The van der Waals surface area contributed by atoms with E-state index < -0.39 is 27.1 Å². The van der Waals surface area contributed by atoms with Crippen LogP contribution in [-0.4, -0.2) is 53.6 Å². The number of sulfone groups is 1. The van der Waals surface area contributed by atoms with Gasteiger partial charge in [0.25, 0.3) is 5.56 Å². The molecule has 3 aromatic rings. The van der Waals surface area contributed by atoms with E-state index in [0.717, 1.165) is 29.4 Å². The minimum Gasteiger partial charge on any atom is -0.487 e. The smallest absolute Gasteiger partial charge is 0.419 e. The fraction of sp³-hybridized carbons (Fsp3) is 0.318. The largest absolute Gasteiger partial charge is 0.487 e. The number of hydrogen-bond acceptors (Lipinski definition) is 9. The predicted molar refractivity (Wildman–Crippen MR) is 121 cm³/mol. The van der Waals surface area contributed by atoms with Gasteiger partial charge in [0.1, 0.15) is 12.2 Å². The molecular formula is C22H19F3N6O4S. The molecule has 0 N–H and O–H groups in total. The van der Waals surface area contributed by atoms with Gasteiger partial charge in [-0.1, -0.05) is 0 Å². The van der Waals surface area contributed by atoms with Crippen molar-refractivity contribution in [2.24, 2.45) is 0 Å². The molecular weight excluding hydrogens is 501 g/mol. The van der Waals surface area contributed by atoms with Gasteiger partial charge in [0.15, 0.2) is 15.6 Å². The van der Waals surface area contributed by atoms with E-state index in [1.807, 2.05) is 6.07 Å². The lowest BCUT2D eigenvalue weighted by Gasteiger charge is -2.32. The molecule has 1 aromatic carbocycles. The SMILES string of the molecule is CS(=O)(=O)c1ccc(-n2nc(C#N)c(OC3CCN(c4ncc(C(F)(F)F)cn4)CC3)cc2=O)cc1. The summed E-state index contributed by atoms with van der Waals surface area (Å²) in [5, 5.41) is 13.6. The van der Waals surface area contributed by atoms with Crippen molar-refractivity contribution in [3.05, 3.63) is 64.3 Å². The first-order valence-electron chi connectivity index (χ1n) is 10.6. The van der Waals surface area contributed by atoms with Crippen LogP contribution in [0.15, 0.2) is 52.4 Å². The Morgan fingerprint density at radius 2 is 1.72 bits per heavy atom. The zero-order chi connectivity index (χ0) is 26.1. The molecule has 3 heterocycles. The maximum absolute atomic E-state index is 12.7. The number of rotatable bonds is 5. The van der Waals surface area contributed by atoms with Crippen LogP contribution in [0.5, 0.6) is 5.75 Å². The van der Waals surface area contributed by atoms with E-state index in [4.69, 9.17) is 4.74 Å². The Bertz CT molecular complexity index is 1460. The highest BCUT2D eigenvalue weighted by Gasteiger charge is 2.32. The number of alkyl halides is 3. The summed E-state index contributed by atoms with van der Waals surface area (Å²) in [6.45, 7) is 0.796. The van der Waals surface area contributed by atoms with Crippen LogP contribution >= 0.6 is 0 Å². The zero-order valence-electron chi connectivity index (χ0n) is 18.8. The predicted octanol–water partition coefficient (Wildman–Crippen LogP) is 2.36. The molecule has 188 valence electrons. The van der Waals surface area contributed by atoms with Crippen LogP contribution in [0.3, 0.4) is 0 Å². The lowest BCUT2D eigenvalue weighted by molar-refractivity contribution is -0.138. The summed E-state index contributed by atoms with van der Waals surface area (Å²) in [6.07, 6.45) is -1.45. The quantitative estimate of drug-likeness (QED) is 0.497. The number of halogens is 3. The van der Waals surface area contributed by atoms with E-state index in [2.05, 4.69) is 15.1 Å². The van der Waals surface area contributed by atoms with Crippen LogP contribution in [0.1, 0.15) is 24.1 Å². The second-order valence-electron chi connectivity index (χ2n) is 8.06. The zero-order valence-corrected chi connectivity index (χ0v) is 19.6. The maximum Gasteiger partial charge on any atom is 0.419 e. The number of benzene rings is 1. The molecule has 1 aliphatic rings. The molecule has 1 saturated heterocycles. The molecule has 2 aromatic heterocycles. The van der Waals surface area contributed by atoms with Gasteiger partial charge >= 0.3 is 6.18 Å². The molecule has 1 fully saturated rings. The van der Waals surface area contributed by atoms with Gasteiger partial charge in [-0.25, -0.2) is 18.4 Å². The minimum atomic E-state index is -4.51. The molecule has 1 aliphatic heterocycles. The van der Waals surface area contributed by atoms with Gasteiger partial charge < -0.3 is 9.64 Å². The number of anilines is 1. The highest BCUT2D eigenvalue weighted by atomic mass is 32.2. The average molecular weight is 520 g/mol. The molecule has 0 atom stereocenters. The Balaban J connectivity index is 1.45. The lowest BCUT2D eigenvalue weighted by atomic mass is 10.1. The second kappa shape index (κ2) is 9.57. The molecule has 0 radical (unpaired) electrons. The topological polar surface area (TPSA) is 131 Å². The van der Waals surface area contributed by atoms with E-state index in [0.29, 0.717) is 25.9 Å². The van der Waals surface area contributed by atoms with Gasteiger partial charge in [-0.15, -0.1) is 5.10 Å². The highest BCUT2D eigenvalue weighted by Crippen LogP contribution is 2.29. The number of nitrogens with zero attached hydrogens (tertiary/aromatic N) is 6. The Morgan fingerprint density at radius 1 is 1.11 bits per heavy atom. The summed E-state index contributed by atoms with van der Waals surface area (Å²) >= 11 is 0. The van der Waals surface area contributed by atoms with Gasteiger partial charge in [0, 0.05) is 44.6 Å². The van der Waals surface area contributed by atoms with Gasteiger partial charge in [-0.05, 0) is 24.3 Å². The molecule has 36 heavy (non-hydrogen) atoms. The number of piperidine rings is 1. The number of hydrogen-bond donors (Lipinski definition) is 0. The highest BCUT2D eigenvalue weighted by molar-refractivity contribution is 7.90. The van der Waals surface area contributed by atoms with Gasteiger partial charge in [-0.2, -0.15) is 23.1 Å². The number of ether oxygens (including phenoxy) is 1. The molecule has 14 heteroatoms. The molecule has 0 aliphatic carbocycles. The first-order valence-corrected chi connectivity index (χ1v) is 12.5. The van der Waals surface area contributed by atoms with Gasteiger partial charge in [-0.3, -0.25) is 4.79 Å². The normalized spacial score (nSPS) is 14.9. The van der Waals surface area contributed by atoms with Gasteiger partial charge in [0.05, 0.1) is 22.2 Å². The van der Waals surface area contributed by atoms with Crippen LogP contribution in [0, 0.1) is 11.3 Å². The monoisotopic (exact) mass is 520 g/mol. The third-order valence-corrected chi connectivity index (χ3v) is 6.62. The van der Waals surface area contributed by atoms with E-state index in [9.17, 15) is 31.6 Å². The lowest BCUT2D eigenvalue weighted by Crippen LogP contribution is -2.39. The Hall–Kier alpha value is -3.99. The van der Waals surface area contributed by atoms with Crippen molar-refractivity contribution in [2.75, 3.05) is 24.2 Å². The van der Waals surface area contributed by atoms with Crippen LogP contribution in [-0.2, 0) is 16.0 Å². The van der Waals surface area contributed by atoms with Crippen molar-refractivity contribution in [2.45, 2.75) is 30.0 Å². The second-order valence-corrected chi connectivity index (χ2v) is 10.1. The molecule has 0 spiro atoms. The van der Waals surface area contributed by atoms with Crippen LogP contribution in [0.4, 0.5) is 19.1 Å². The number of nitriles is 1. The van der Waals surface area contributed by atoms with Crippen LogP contribution in [0.25, 0.3) is 5.69 Å². The van der Waals surface area contributed by atoms with Crippen LogP contribution in [0.2, 0.25) is 0 Å². The van der Waals surface area contributed by atoms with E-state index in [1.165, 1.54) is 24.3 Å². The molecule has 10 nitrogen and oxygen atoms in total. The molecule has 0 unspecified atom stereocenters. The van der Waals surface area contributed by atoms with E-state index in [1.54, 1.807) is 4.90 Å². The molecule has 4 rings (SSSR count). The standard InChI is InChI=1S/C22H19F3N6O4S/c1-36(33,34)17-4-2-15(3-5-17)31-20(32)10-19(18(11-26)29-31)35-16-6-8-30(9-7-16)21-27-12-14(13-28-21)22(23,24)25/h2-5,10,12-13,16H,6-9H2,1H3. The van der Waals surface area contributed by atoms with Crippen molar-refractivity contribution in [1.29, 1.82) is 5.26 Å². The summed E-state index contributed by atoms with van der Waals surface area (Å²) in [4.78, 5) is 22.1. The van der Waals surface area contributed by atoms with Crippen molar-refractivity contribution in [3.8, 4) is 17.5 Å². The molecule has 0 saturated carbocycles. The maximum atomic E-state index is 12.7. The summed E-state index contributed by atoms with van der Waals surface area (Å²) < 4.78 is 68.2. The third-order valence-electron chi connectivity index (χ3n) is 5.50. The first-order chi connectivity index (χ1) is 17.0. The molecule has 0 bridgehead atoms. The average Bonchev–Trinajstić information content (AvgIpc) is 2.84. The van der Waals surface area contributed by atoms with E-state index >= 15 is 0 Å². The fourth-order valence-electron chi connectivity index (χ4n) is 3.61. The summed E-state index contributed by atoms with van der Waals surface area (Å²) in [5.41, 5.74) is -1.36. The Kier molecular flexibility index (Phi) is 6.68. The van der Waals surface area contributed by atoms with Crippen molar-refractivity contribution >= 4 is 15.8 Å². The first kappa shape index (κ1) is 25.1. The Morgan fingerprint density at radius 3 is 2.25 bits per heavy atom. The van der Waals surface area contributed by atoms with E-state index in [-0.39, 0.29) is 34.1 Å². The molecule has 0 amide bonds. The Labute approximate surface area is 203 Å². The van der Waals surface area contributed by atoms with Gasteiger partial charge in [0.2, 0.25) is 11.6 Å². The number of aromatic nitrogens is 4. The van der Waals surface area contributed by atoms with Crippen LogP contribution < -0.4 is 15.2 Å². The summed E-state index contributed by atoms with van der Waals surface area (Å²) in [6, 6.07) is 8.53. The fourth-order valence-corrected chi connectivity index (χ4v) is 4.24. The summed E-state index contributed by atoms with van der Waals surface area (Å²) in [7, 11) is -3.41. The van der Waals surface area contributed by atoms with Crippen molar-refractivity contribution in [3.63, 3.8) is 0 Å².